The summed E-state index contributed by atoms with van der Waals surface area (Å²) in [5.41, 5.74) is -0.576. The molecule has 0 bridgehead atoms. The summed E-state index contributed by atoms with van der Waals surface area (Å²) in [6.07, 6.45) is 2.99. The lowest BCUT2D eigenvalue weighted by atomic mass is 10.1. The number of hydrogen-bond donors (Lipinski definition) is 2. The van der Waals surface area contributed by atoms with Crippen molar-refractivity contribution in [2.75, 3.05) is 11.9 Å². The molecule has 2 aromatic heterocycles. The summed E-state index contributed by atoms with van der Waals surface area (Å²) >= 11 is 1.55. The lowest BCUT2D eigenvalue weighted by molar-refractivity contribution is -0.142. The van der Waals surface area contributed by atoms with Crippen LogP contribution in [0.3, 0.4) is 0 Å². The fourth-order valence-corrected chi connectivity index (χ4v) is 2.53. The minimum atomic E-state index is -0.722. The largest absolute Gasteiger partial charge is 0.481 e. The van der Waals surface area contributed by atoms with Crippen molar-refractivity contribution >= 4 is 33.3 Å². The van der Waals surface area contributed by atoms with Crippen LogP contribution in [-0.4, -0.2) is 27.6 Å². The molecule has 2 N–H and O–H groups in total. The van der Waals surface area contributed by atoms with E-state index in [2.05, 4.69) is 15.3 Å². The molecular weight excluding hydrogens is 238 g/mol. The SMILES string of the molecule is O=C(O)C1(CNc2ncnc3sccc23)CC1. The standard InChI is InChI=1S/C11H11N3O2S/c15-10(16)11(2-3-11)5-12-8-7-1-4-17-9(7)14-6-13-8/h1,4,6H,2-3,5H2,(H,15,16)(H,12,13,14). The van der Waals surface area contributed by atoms with Crippen LogP contribution in [-0.2, 0) is 4.79 Å². The average Bonchev–Trinajstić information content (AvgIpc) is 2.96. The number of aromatic nitrogens is 2. The van der Waals surface area contributed by atoms with Crippen LogP contribution < -0.4 is 5.32 Å². The second-order valence-corrected chi connectivity index (χ2v) is 5.20. The van der Waals surface area contributed by atoms with Crippen LogP contribution in [0, 0.1) is 5.41 Å². The highest BCUT2D eigenvalue weighted by Gasteiger charge is 2.50. The molecule has 2 aromatic rings. The number of hydrogen-bond acceptors (Lipinski definition) is 5. The molecule has 3 rings (SSSR count). The first-order valence-corrected chi connectivity index (χ1v) is 6.25. The first-order chi connectivity index (χ1) is 8.21. The van der Waals surface area contributed by atoms with Crippen molar-refractivity contribution in [3.8, 4) is 0 Å². The Kier molecular flexibility index (Phi) is 2.25. The van der Waals surface area contributed by atoms with Gasteiger partial charge < -0.3 is 10.4 Å². The van der Waals surface area contributed by atoms with Crippen molar-refractivity contribution in [2.24, 2.45) is 5.41 Å². The van der Waals surface area contributed by atoms with Crippen molar-refractivity contribution < 1.29 is 9.90 Å². The Morgan fingerprint density at radius 2 is 2.35 bits per heavy atom. The molecule has 2 heterocycles. The zero-order valence-electron chi connectivity index (χ0n) is 9.01. The van der Waals surface area contributed by atoms with Crippen LogP contribution in [0.5, 0.6) is 0 Å². The van der Waals surface area contributed by atoms with E-state index in [0.29, 0.717) is 6.54 Å². The molecule has 1 aliphatic carbocycles. The molecule has 5 nitrogen and oxygen atoms in total. The molecule has 0 atom stereocenters. The Morgan fingerprint density at radius 1 is 1.53 bits per heavy atom. The summed E-state index contributed by atoms with van der Waals surface area (Å²) in [4.78, 5) is 20.3. The van der Waals surface area contributed by atoms with E-state index in [4.69, 9.17) is 5.11 Å². The molecule has 0 radical (unpaired) electrons. The highest BCUT2D eigenvalue weighted by Crippen LogP contribution is 2.45. The first kappa shape index (κ1) is 10.5. The number of carboxylic acid groups (broad SMARTS) is 1. The fraction of sp³-hybridized carbons (Fsp3) is 0.364. The van der Waals surface area contributed by atoms with Gasteiger partial charge in [-0.1, -0.05) is 0 Å². The predicted molar refractivity (Wildman–Crippen MR) is 65.2 cm³/mol. The number of anilines is 1. The molecule has 0 unspecified atom stereocenters. The molecule has 6 heteroatoms. The van der Waals surface area contributed by atoms with Gasteiger partial charge in [0.15, 0.2) is 0 Å². The second kappa shape index (κ2) is 3.66. The fourth-order valence-electron chi connectivity index (χ4n) is 1.80. The second-order valence-electron chi connectivity index (χ2n) is 4.30. The van der Waals surface area contributed by atoms with Gasteiger partial charge in [0, 0.05) is 6.54 Å². The summed E-state index contributed by atoms with van der Waals surface area (Å²) in [6.45, 7) is 0.435. The third-order valence-electron chi connectivity index (χ3n) is 3.16. The summed E-state index contributed by atoms with van der Waals surface area (Å²) in [5, 5.41) is 15.1. The van der Waals surface area contributed by atoms with E-state index in [9.17, 15) is 4.79 Å². The van der Waals surface area contributed by atoms with E-state index in [1.165, 1.54) is 6.33 Å². The number of nitrogens with zero attached hydrogens (tertiary/aromatic N) is 2. The maximum absolute atomic E-state index is 11.0. The molecule has 0 spiro atoms. The van der Waals surface area contributed by atoms with Crippen LogP contribution in [0.15, 0.2) is 17.8 Å². The van der Waals surface area contributed by atoms with Crippen molar-refractivity contribution in [3.05, 3.63) is 17.8 Å². The summed E-state index contributed by atoms with van der Waals surface area (Å²) < 4.78 is 0. The maximum atomic E-state index is 11.0. The lowest BCUT2D eigenvalue weighted by Gasteiger charge is -2.11. The molecule has 0 amide bonds. The van der Waals surface area contributed by atoms with Crippen molar-refractivity contribution in [2.45, 2.75) is 12.8 Å². The lowest BCUT2D eigenvalue weighted by Crippen LogP contribution is -2.24. The Morgan fingerprint density at radius 3 is 3.06 bits per heavy atom. The van der Waals surface area contributed by atoms with E-state index in [0.717, 1.165) is 28.9 Å². The van der Waals surface area contributed by atoms with Crippen LogP contribution in [0.2, 0.25) is 0 Å². The number of fused-ring (bicyclic) bond motifs is 1. The molecule has 1 saturated carbocycles. The number of carboxylic acids is 1. The maximum Gasteiger partial charge on any atom is 0.311 e. The zero-order chi connectivity index (χ0) is 11.9. The molecule has 0 aliphatic heterocycles. The van der Waals surface area contributed by atoms with Gasteiger partial charge in [-0.25, -0.2) is 9.97 Å². The van der Waals surface area contributed by atoms with E-state index >= 15 is 0 Å². The number of rotatable bonds is 4. The molecule has 17 heavy (non-hydrogen) atoms. The molecule has 0 aromatic carbocycles. The van der Waals surface area contributed by atoms with Gasteiger partial charge in [0.1, 0.15) is 17.0 Å². The van der Waals surface area contributed by atoms with Gasteiger partial charge in [0.05, 0.1) is 10.8 Å². The van der Waals surface area contributed by atoms with Crippen LogP contribution in [0.1, 0.15) is 12.8 Å². The topological polar surface area (TPSA) is 75.1 Å². The Bertz CT molecular complexity index is 577. The number of nitrogens with one attached hydrogen (secondary N) is 1. The zero-order valence-corrected chi connectivity index (χ0v) is 9.83. The Balaban J connectivity index is 1.81. The Labute approximate surface area is 102 Å². The number of aliphatic carboxylic acids is 1. The van der Waals surface area contributed by atoms with Crippen LogP contribution in [0.25, 0.3) is 10.2 Å². The summed E-state index contributed by atoms with van der Waals surface area (Å²) in [7, 11) is 0. The smallest absolute Gasteiger partial charge is 0.311 e. The molecule has 88 valence electrons. The Hall–Kier alpha value is -1.69. The van der Waals surface area contributed by atoms with E-state index in [-0.39, 0.29) is 0 Å². The molecule has 1 aliphatic rings. The quantitative estimate of drug-likeness (QED) is 0.866. The van der Waals surface area contributed by atoms with Crippen LogP contribution in [0.4, 0.5) is 5.82 Å². The monoisotopic (exact) mass is 249 g/mol. The third-order valence-corrected chi connectivity index (χ3v) is 3.98. The first-order valence-electron chi connectivity index (χ1n) is 5.37. The molecule has 0 saturated heterocycles. The van der Waals surface area contributed by atoms with Gasteiger partial charge in [-0.15, -0.1) is 11.3 Å². The number of thiophene rings is 1. The van der Waals surface area contributed by atoms with Gasteiger partial charge in [0.2, 0.25) is 0 Å². The number of carbonyl (C=O) groups is 1. The highest BCUT2D eigenvalue weighted by molar-refractivity contribution is 7.16. The highest BCUT2D eigenvalue weighted by atomic mass is 32.1. The normalized spacial score (nSPS) is 16.9. The van der Waals surface area contributed by atoms with Gasteiger partial charge in [-0.05, 0) is 24.3 Å². The predicted octanol–water partition coefficient (Wildman–Crippen LogP) is 1.97. The molecular formula is C11H11N3O2S. The minimum Gasteiger partial charge on any atom is -0.481 e. The van der Waals surface area contributed by atoms with Gasteiger partial charge >= 0.3 is 5.97 Å². The van der Waals surface area contributed by atoms with Crippen molar-refractivity contribution in [3.63, 3.8) is 0 Å². The van der Waals surface area contributed by atoms with E-state index in [1.54, 1.807) is 11.3 Å². The van der Waals surface area contributed by atoms with Gasteiger partial charge in [-0.3, -0.25) is 4.79 Å². The van der Waals surface area contributed by atoms with Crippen molar-refractivity contribution in [1.29, 1.82) is 0 Å². The van der Waals surface area contributed by atoms with Crippen LogP contribution >= 0.6 is 11.3 Å². The summed E-state index contributed by atoms with van der Waals surface area (Å²) in [6, 6.07) is 1.95. The minimum absolute atomic E-state index is 0.435. The third kappa shape index (κ3) is 1.74. The van der Waals surface area contributed by atoms with Gasteiger partial charge in [-0.2, -0.15) is 0 Å². The summed E-state index contributed by atoms with van der Waals surface area (Å²) in [5.74, 6) is 0.00407. The van der Waals surface area contributed by atoms with E-state index < -0.39 is 11.4 Å². The average molecular weight is 249 g/mol. The van der Waals surface area contributed by atoms with Gasteiger partial charge in [0.25, 0.3) is 0 Å². The van der Waals surface area contributed by atoms with Crippen molar-refractivity contribution in [1.82, 2.24) is 9.97 Å². The van der Waals surface area contributed by atoms with E-state index in [1.807, 2.05) is 11.4 Å². The molecule has 1 fully saturated rings.